The summed E-state index contributed by atoms with van der Waals surface area (Å²) in [7, 11) is 1.60. The molecule has 2 aromatic carbocycles. The van der Waals surface area contributed by atoms with E-state index in [4.69, 9.17) is 9.47 Å². The predicted octanol–water partition coefficient (Wildman–Crippen LogP) is 4.68. The number of nitrogens with one attached hydrogen (secondary N) is 1. The van der Waals surface area contributed by atoms with Gasteiger partial charge in [-0.05, 0) is 80.0 Å². The predicted molar refractivity (Wildman–Crippen MR) is 104 cm³/mol. The molecule has 26 heavy (non-hydrogen) atoms. The third kappa shape index (κ3) is 4.18. The number of ether oxygens (including phenoxy) is 2. The molecule has 0 spiro atoms. The van der Waals surface area contributed by atoms with Gasteiger partial charge in [0.15, 0.2) is 6.10 Å². The Morgan fingerprint density at radius 3 is 2.62 bits per heavy atom. The molecule has 0 aromatic heterocycles. The summed E-state index contributed by atoms with van der Waals surface area (Å²) in [5.41, 5.74) is 4.49. The highest BCUT2D eigenvalue weighted by molar-refractivity contribution is 5.95. The summed E-state index contributed by atoms with van der Waals surface area (Å²) in [6.07, 6.45) is 4.77. The minimum absolute atomic E-state index is 0.158. The van der Waals surface area contributed by atoms with Crippen LogP contribution in [0.2, 0.25) is 0 Å². The van der Waals surface area contributed by atoms with Gasteiger partial charge in [0.2, 0.25) is 0 Å². The van der Waals surface area contributed by atoms with E-state index in [0.717, 1.165) is 24.2 Å². The Labute approximate surface area is 155 Å². The molecule has 4 nitrogen and oxygen atoms in total. The lowest BCUT2D eigenvalue weighted by atomic mass is 9.92. The number of fused-ring (bicyclic) bond motifs is 1. The topological polar surface area (TPSA) is 47.6 Å². The molecule has 2 aromatic rings. The van der Waals surface area contributed by atoms with Crippen molar-refractivity contribution in [2.24, 2.45) is 0 Å². The summed E-state index contributed by atoms with van der Waals surface area (Å²) in [5.74, 6) is 1.26. The molecule has 0 unspecified atom stereocenters. The minimum atomic E-state index is -0.540. The highest BCUT2D eigenvalue weighted by Crippen LogP contribution is 2.28. The first-order valence-electron chi connectivity index (χ1n) is 9.34. The van der Waals surface area contributed by atoms with Crippen molar-refractivity contribution in [1.29, 1.82) is 0 Å². The zero-order valence-corrected chi connectivity index (χ0v) is 15.8. The number of benzene rings is 2. The first kappa shape index (κ1) is 18.3. The largest absolute Gasteiger partial charge is 0.495 e. The Balaban J connectivity index is 1.72. The van der Waals surface area contributed by atoms with Crippen molar-refractivity contribution in [3.05, 3.63) is 53.1 Å². The van der Waals surface area contributed by atoms with Gasteiger partial charge < -0.3 is 14.8 Å². The van der Waals surface area contributed by atoms with E-state index in [9.17, 15) is 4.79 Å². The van der Waals surface area contributed by atoms with Gasteiger partial charge in [0.05, 0.1) is 12.8 Å². The third-order valence-corrected chi connectivity index (χ3v) is 4.87. The fraction of sp³-hybridized carbons (Fsp3) is 0.409. The number of carbonyl (C=O) groups is 1. The van der Waals surface area contributed by atoms with E-state index in [1.165, 1.54) is 24.0 Å². The maximum Gasteiger partial charge on any atom is 0.265 e. The lowest BCUT2D eigenvalue weighted by Gasteiger charge is -2.21. The maximum atomic E-state index is 12.7. The fourth-order valence-corrected chi connectivity index (χ4v) is 3.40. The van der Waals surface area contributed by atoms with Crippen LogP contribution in [-0.2, 0) is 17.6 Å². The number of rotatable bonds is 6. The first-order valence-corrected chi connectivity index (χ1v) is 9.34. The van der Waals surface area contributed by atoms with Gasteiger partial charge in [-0.25, -0.2) is 0 Å². The minimum Gasteiger partial charge on any atom is -0.495 e. The third-order valence-electron chi connectivity index (χ3n) is 4.87. The number of carbonyl (C=O) groups excluding carboxylic acids is 1. The summed E-state index contributed by atoms with van der Waals surface area (Å²) in [4.78, 5) is 12.7. The zero-order valence-electron chi connectivity index (χ0n) is 15.8. The number of amides is 1. The van der Waals surface area contributed by atoms with Crippen LogP contribution >= 0.6 is 0 Å². The van der Waals surface area contributed by atoms with Crippen LogP contribution in [0.1, 0.15) is 42.9 Å². The molecule has 1 aliphatic carbocycles. The van der Waals surface area contributed by atoms with Gasteiger partial charge in [0.1, 0.15) is 11.5 Å². The van der Waals surface area contributed by atoms with Gasteiger partial charge in [-0.3, -0.25) is 4.79 Å². The number of aryl methyl sites for hydroxylation is 3. The molecule has 0 aliphatic heterocycles. The second-order valence-electron chi connectivity index (χ2n) is 6.85. The average Bonchev–Trinajstić information content (AvgIpc) is 2.66. The molecule has 0 fully saturated rings. The quantitative estimate of drug-likeness (QED) is 0.820. The Morgan fingerprint density at radius 1 is 1.12 bits per heavy atom. The van der Waals surface area contributed by atoms with Crippen LogP contribution in [0.15, 0.2) is 36.4 Å². The molecule has 1 amide bonds. The van der Waals surface area contributed by atoms with Crippen LogP contribution in [-0.4, -0.2) is 19.1 Å². The van der Waals surface area contributed by atoms with E-state index < -0.39 is 6.10 Å². The van der Waals surface area contributed by atoms with Crippen molar-refractivity contribution in [3.63, 3.8) is 0 Å². The smallest absolute Gasteiger partial charge is 0.265 e. The highest BCUT2D eigenvalue weighted by Gasteiger charge is 2.21. The van der Waals surface area contributed by atoms with Crippen LogP contribution < -0.4 is 14.8 Å². The van der Waals surface area contributed by atoms with E-state index in [-0.39, 0.29) is 5.91 Å². The van der Waals surface area contributed by atoms with E-state index >= 15 is 0 Å². The van der Waals surface area contributed by atoms with Gasteiger partial charge in [-0.2, -0.15) is 0 Å². The van der Waals surface area contributed by atoms with Crippen LogP contribution in [0.3, 0.4) is 0 Å². The first-order chi connectivity index (χ1) is 12.6. The summed E-state index contributed by atoms with van der Waals surface area (Å²) < 4.78 is 11.4. The molecule has 4 heteroatoms. The van der Waals surface area contributed by atoms with Crippen molar-refractivity contribution in [2.75, 3.05) is 12.4 Å². The van der Waals surface area contributed by atoms with Gasteiger partial charge >= 0.3 is 0 Å². The van der Waals surface area contributed by atoms with Gasteiger partial charge in [-0.15, -0.1) is 0 Å². The monoisotopic (exact) mass is 353 g/mol. The molecule has 0 heterocycles. The van der Waals surface area contributed by atoms with Crippen molar-refractivity contribution in [2.45, 2.75) is 52.1 Å². The number of hydrogen-bond acceptors (Lipinski definition) is 3. The molecule has 0 saturated carbocycles. The number of hydrogen-bond donors (Lipinski definition) is 1. The van der Waals surface area contributed by atoms with E-state index in [1.807, 2.05) is 38.1 Å². The average molecular weight is 353 g/mol. The SMILES string of the molecule is CC[C@H](Oc1ccc2c(c1)CCCC2)C(=O)Nc1cc(C)ccc1OC. The molecule has 1 aliphatic rings. The van der Waals surface area contributed by atoms with Crippen molar-refractivity contribution in [1.82, 2.24) is 0 Å². The van der Waals surface area contributed by atoms with Crippen LogP contribution in [0.4, 0.5) is 5.69 Å². The second kappa shape index (κ2) is 8.26. The Bertz CT molecular complexity index is 785. The standard InChI is InChI=1S/C22H27NO3/c1-4-20(22(24)23-19-13-15(2)9-12-21(19)25-3)26-18-11-10-16-7-5-6-8-17(16)14-18/h9-14,20H,4-8H2,1-3H3,(H,23,24)/t20-/m0/s1. The van der Waals surface area contributed by atoms with E-state index in [1.54, 1.807) is 7.11 Å². The van der Waals surface area contributed by atoms with Crippen molar-refractivity contribution >= 4 is 11.6 Å². The van der Waals surface area contributed by atoms with Gasteiger partial charge in [0, 0.05) is 0 Å². The highest BCUT2D eigenvalue weighted by atomic mass is 16.5. The Hall–Kier alpha value is -2.49. The van der Waals surface area contributed by atoms with Gasteiger partial charge in [0.25, 0.3) is 5.91 Å². The summed E-state index contributed by atoms with van der Waals surface area (Å²) in [6.45, 7) is 3.94. The zero-order chi connectivity index (χ0) is 18.5. The number of methoxy groups -OCH3 is 1. The molecule has 0 radical (unpaired) electrons. The number of anilines is 1. The molecular weight excluding hydrogens is 326 g/mol. The molecule has 0 saturated heterocycles. The Morgan fingerprint density at radius 2 is 1.88 bits per heavy atom. The molecular formula is C22H27NO3. The molecule has 138 valence electrons. The van der Waals surface area contributed by atoms with Crippen molar-refractivity contribution < 1.29 is 14.3 Å². The molecule has 1 atom stereocenters. The molecule has 1 N–H and O–H groups in total. The van der Waals surface area contributed by atoms with Crippen molar-refractivity contribution in [3.8, 4) is 11.5 Å². The van der Waals surface area contributed by atoms with Crippen LogP contribution in [0.5, 0.6) is 11.5 Å². The van der Waals surface area contributed by atoms with E-state index in [0.29, 0.717) is 17.9 Å². The van der Waals surface area contributed by atoms with E-state index in [2.05, 4.69) is 17.4 Å². The summed E-state index contributed by atoms with van der Waals surface area (Å²) >= 11 is 0. The lowest BCUT2D eigenvalue weighted by molar-refractivity contribution is -0.122. The van der Waals surface area contributed by atoms with Crippen LogP contribution in [0, 0.1) is 6.92 Å². The Kier molecular flexibility index (Phi) is 5.82. The summed E-state index contributed by atoms with van der Waals surface area (Å²) in [6, 6.07) is 11.9. The fourth-order valence-electron chi connectivity index (χ4n) is 3.40. The summed E-state index contributed by atoms with van der Waals surface area (Å²) in [5, 5.41) is 2.95. The van der Waals surface area contributed by atoms with Crippen LogP contribution in [0.25, 0.3) is 0 Å². The second-order valence-corrected chi connectivity index (χ2v) is 6.85. The lowest BCUT2D eigenvalue weighted by Crippen LogP contribution is -2.32. The normalized spacial score (nSPS) is 14.3. The van der Waals surface area contributed by atoms with Gasteiger partial charge in [-0.1, -0.05) is 19.1 Å². The molecule has 3 rings (SSSR count). The maximum absolute atomic E-state index is 12.7. The molecule has 0 bridgehead atoms.